The molecule has 11 heteroatoms. The van der Waals surface area contributed by atoms with Crippen molar-refractivity contribution in [2.45, 2.75) is 144 Å². The first kappa shape index (κ1) is 46.6. The molecule has 69 heavy (non-hydrogen) atoms. The van der Waals surface area contributed by atoms with Crippen LogP contribution in [0.1, 0.15) is 130 Å². The Balaban J connectivity index is 0.000000131. The second kappa shape index (κ2) is 18.8. The van der Waals surface area contributed by atoms with Crippen LogP contribution in [0, 0.1) is 17.8 Å². The molecule has 8 aliphatic carbocycles. The van der Waals surface area contributed by atoms with Crippen LogP contribution >= 0.6 is 22.6 Å². The molecule has 0 amide bonds. The van der Waals surface area contributed by atoms with Crippen molar-refractivity contribution in [3.8, 4) is 0 Å². The van der Waals surface area contributed by atoms with Crippen LogP contribution in [0.25, 0.3) is 5.57 Å². The first-order valence-corrected chi connectivity index (χ1v) is 28.2. The lowest BCUT2D eigenvalue weighted by Gasteiger charge is -2.71. The largest absolute Gasteiger partial charge is 0.367 e. The maximum absolute atomic E-state index is 12.3. The molecule has 4 aliphatic heterocycles. The topological polar surface area (TPSA) is 76.8 Å². The van der Waals surface area contributed by atoms with Gasteiger partial charge in [-0.25, -0.2) is 4.98 Å². The molecule has 16 rings (SSSR count). The molecular weight excluding hydrogens is 974 g/mol. The van der Waals surface area contributed by atoms with Crippen LogP contribution in [0.15, 0.2) is 90.8 Å². The van der Waals surface area contributed by atoms with Crippen molar-refractivity contribution in [2.75, 3.05) is 60.3 Å². The third kappa shape index (κ3) is 8.18. The van der Waals surface area contributed by atoms with Crippen LogP contribution in [0.2, 0.25) is 0 Å². The van der Waals surface area contributed by atoms with Crippen molar-refractivity contribution in [3.05, 3.63) is 124 Å². The summed E-state index contributed by atoms with van der Waals surface area (Å²) in [5, 5.41) is 3.45. The first-order valence-electron chi connectivity index (χ1n) is 26.7. The van der Waals surface area contributed by atoms with Crippen molar-refractivity contribution >= 4 is 39.7 Å². The van der Waals surface area contributed by atoms with E-state index >= 15 is 0 Å². The van der Waals surface area contributed by atoms with Gasteiger partial charge < -0.3 is 20.9 Å². The standard InChI is InChI=1S/C29H37FN4.C26H30N4.C3H6FI/c1-19-11-25-24-6-3-2-5-21(24)12-26(25)28(34(19)29-13-20(14-29)15-29)27-8-7-23(16-32-27)33-17-22(18-33)31-10-4-9-30;1-16-8-22-21-5-3-2-4-18(21)9-23(22)25(30(16)26-10-17(11-26)12-26)19-6-7-24(28-13-19)29-14-20(27)15-29;4-2-1-3-5/h2-3,5-8,16,19-20,22,25-26,28,31H,4,9-15,17-18H2,1H3;2-7,13,16-17,20,25H,8-12,14-15,27H2,1H3;1-3H2/t19-,20?,25?,26?,28?,29?;16-,17?,25-,26?;/m11./s1. The average molecular weight is 1050 g/mol. The Bertz CT molecular complexity index is 2470. The van der Waals surface area contributed by atoms with Crippen molar-refractivity contribution in [1.29, 1.82) is 0 Å². The Hall–Kier alpha value is -3.49. The minimum Gasteiger partial charge on any atom is -0.367 e. The molecule has 8 nitrogen and oxygen atoms in total. The monoisotopic (exact) mass is 1050 g/mol. The highest BCUT2D eigenvalue weighted by atomic mass is 127. The molecule has 4 aromatic rings. The van der Waals surface area contributed by atoms with E-state index in [1.165, 1.54) is 85.9 Å². The number of nitrogens with zero attached hydrogens (tertiary/aromatic N) is 6. The fourth-order valence-electron chi connectivity index (χ4n) is 15.2. The molecule has 0 spiro atoms. The predicted octanol–water partition coefficient (Wildman–Crippen LogP) is 10.6. The molecule has 6 atom stereocenters. The zero-order valence-electron chi connectivity index (χ0n) is 40.9. The Kier molecular flexibility index (Phi) is 12.7. The molecule has 0 radical (unpaired) electrons. The number of piperidine rings is 1. The second-order valence-corrected chi connectivity index (χ2v) is 24.2. The summed E-state index contributed by atoms with van der Waals surface area (Å²) in [4.78, 5) is 20.6. The van der Waals surface area contributed by atoms with Crippen LogP contribution < -0.4 is 20.9 Å². The van der Waals surface area contributed by atoms with Crippen molar-refractivity contribution in [1.82, 2.24) is 25.1 Å². The Morgan fingerprint density at radius 2 is 1.45 bits per heavy atom. The normalized spacial score (nSPS) is 33.6. The summed E-state index contributed by atoms with van der Waals surface area (Å²) in [5.74, 6) is 4.34. The smallest absolute Gasteiger partial charge is 0.128 e. The summed E-state index contributed by atoms with van der Waals surface area (Å²) < 4.78 is 24.3. The van der Waals surface area contributed by atoms with Gasteiger partial charge in [0.05, 0.1) is 43.0 Å². The maximum atomic E-state index is 12.3. The highest BCUT2D eigenvalue weighted by Gasteiger charge is 2.65. The summed E-state index contributed by atoms with van der Waals surface area (Å²) in [6.45, 7) is 9.15. The zero-order valence-corrected chi connectivity index (χ0v) is 43.1. The van der Waals surface area contributed by atoms with Crippen LogP contribution in [0.4, 0.5) is 20.3 Å². The lowest BCUT2D eigenvalue weighted by molar-refractivity contribution is -0.198. The van der Waals surface area contributed by atoms with Gasteiger partial charge in [0, 0.05) is 72.0 Å². The van der Waals surface area contributed by atoms with Gasteiger partial charge in [-0.2, -0.15) is 0 Å². The van der Waals surface area contributed by atoms with E-state index in [1.807, 2.05) is 0 Å². The zero-order chi connectivity index (χ0) is 47.0. The third-order valence-corrected chi connectivity index (χ3v) is 19.4. The van der Waals surface area contributed by atoms with Gasteiger partial charge in [-0.05, 0) is 178 Å². The fraction of sp³-hybridized carbons (Fsp3) is 0.586. The van der Waals surface area contributed by atoms with Gasteiger partial charge in [0.2, 0.25) is 0 Å². The number of likely N-dealkylation sites (tertiary alicyclic amines) is 1. The minimum absolute atomic E-state index is 0.164. The van der Waals surface area contributed by atoms with E-state index in [-0.39, 0.29) is 13.3 Å². The highest BCUT2D eigenvalue weighted by Crippen LogP contribution is 2.67. The summed E-state index contributed by atoms with van der Waals surface area (Å²) in [5.41, 5.74) is 20.2. The number of halogens is 3. The molecule has 3 unspecified atom stereocenters. The number of benzene rings is 2. The van der Waals surface area contributed by atoms with E-state index in [2.05, 4.69) is 147 Å². The number of hydrogen-bond donors (Lipinski definition) is 2. The Labute approximate surface area is 423 Å². The summed E-state index contributed by atoms with van der Waals surface area (Å²) in [7, 11) is 0. The summed E-state index contributed by atoms with van der Waals surface area (Å²) in [6, 6.07) is 30.2. The molecule has 3 saturated heterocycles. The molecule has 3 N–H and O–H groups in total. The van der Waals surface area contributed by atoms with E-state index < -0.39 is 0 Å². The number of aromatic nitrogens is 2. The highest BCUT2D eigenvalue weighted by molar-refractivity contribution is 14.1. The number of anilines is 2. The van der Waals surface area contributed by atoms with Gasteiger partial charge in [0.25, 0.3) is 0 Å². The van der Waals surface area contributed by atoms with Crippen LogP contribution in [-0.4, -0.2) is 106 Å². The number of hydrogen-bond acceptors (Lipinski definition) is 8. The molecule has 4 bridgehead atoms. The van der Waals surface area contributed by atoms with E-state index in [1.54, 1.807) is 22.3 Å². The van der Waals surface area contributed by atoms with Gasteiger partial charge in [-0.3, -0.25) is 23.6 Å². The quantitative estimate of drug-likeness (QED) is 0.0826. The van der Waals surface area contributed by atoms with E-state index in [0.29, 0.717) is 72.0 Å². The van der Waals surface area contributed by atoms with E-state index in [9.17, 15) is 8.78 Å². The van der Waals surface area contributed by atoms with Crippen LogP contribution in [-0.2, 0) is 12.8 Å². The molecule has 366 valence electrons. The summed E-state index contributed by atoms with van der Waals surface area (Å²) >= 11 is 2.15. The molecule has 6 heterocycles. The Morgan fingerprint density at radius 1 is 0.739 bits per heavy atom. The van der Waals surface area contributed by atoms with Crippen molar-refractivity contribution < 1.29 is 8.78 Å². The number of nitrogens with two attached hydrogens (primary N) is 1. The Morgan fingerprint density at radius 3 is 2.07 bits per heavy atom. The van der Waals surface area contributed by atoms with E-state index in [4.69, 9.17) is 15.7 Å². The number of pyridine rings is 2. The molecular formula is C58H73F2IN8. The summed E-state index contributed by atoms with van der Waals surface area (Å²) in [6.07, 6.45) is 18.8. The lowest BCUT2D eigenvalue weighted by atomic mass is 9.47. The van der Waals surface area contributed by atoms with E-state index in [0.717, 1.165) is 61.2 Å². The molecule has 12 aliphatic rings. The van der Waals surface area contributed by atoms with Gasteiger partial charge in [0.15, 0.2) is 0 Å². The maximum Gasteiger partial charge on any atom is 0.128 e. The van der Waals surface area contributed by atoms with Gasteiger partial charge in [-0.15, -0.1) is 0 Å². The van der Waals surface area contributed by atoms with Gasteiger partial charge in [-0.1, -0.05) is 77.2 Å². The third-order valence-electron chi connectivity index (χ3n) is 18.7. The number of alkyl halides is 3. The average Bonchev–Trinajstić information content (AvgIpc) is 3.83. The molecule has 2 aromatic carbocycles. The fourth-order valence-corrected chi connectivity index (χ4v) is 15.5. The van der Waals surface area contributed by atoms with Crippen LogP contribution in [0.3, 0.4) is 0 Å². The van der Waals surface area contributed by atoms with Crippen molar-refractivity contribution in [3.63, 3.8) is 0 Å². The lowest BCUT2D eigenvalue weighted by Crippen LogP contribution is -2.72. The number of nitrogens with one attached hydrogen (secondary N) is 1. The molecule has 6 saturated carbocycles. The first-order chi connectivity index (χ1) is 33.7. The minimum atomic E-state index is -0.236. The number of fused-ring (bicyclic) bond motifs is 5. The van der Waals surface area contributed by atoms with Crippen molar-refractivity contribution in [2.24, 2.45) is 23.5 Å². The van der Waals surface area contributed by atoms with Crippen LogP contribution in [0.5, 0.6) is 0 Å². The van der Waals surface area contributed by atoms with Gasteiger partial charge >= 0.3 is 0 Å². The SMILES string of the molecule is C[C@@H]1CC2=C(Cc3ccccc32)[C@@H](c2ccc(N3CC(N)C3)nc2)N1C12CC(C1)C2.C[C@@H]1CC2c3ccccc3CC2C(c2ccc(N3CC(NCCCF)C3)cn2)N1C12CC(C1)C2.FCCCI. The van der Waals surface area contributed by atoms with Gasteiger partial charge in [0.1, 0.15) is 5.82 Å². The molecule has 9 fully saturated rings. The predicted molar refractivity (Wildman–Crippen MR) is 284 cm³/mol. The molecule has 2 aromatic heterocycles. The number of rotatable bonds is 12. The second-order valence-electron chi connectivity index (χ2n) is 23.1.